The molecular weight excluding hydrogens is 259 g/mol. The molecule has 0 aliphatic carbocycles. The second kappa shape index (κ2) is 4.14. The number of hydrogen-bond donors (Lipinski definition) is 1. The summed E-state index contributed by atoms with van der Waals surface area (Å²) in [6.07, 6.45) is 0.284. The van der Waals surface area contributed by atoms with Crippen LogP contribution < -0.4 is 5.32 Å². The molecule has 0 fully saturated rings. The number of carbonyl (C=O) groups excluding carboxylic acids is 1. The smallest absolute Gasteiger partial charge is 0.295 e. The van der Waals surface area contributed by atoms with Gasteiger partial charge in [-0.3, -0.25) is 14.9 Å². The van der Waals surface area contributed by atoms with Gasteiger partial charge in [-0.25, -0.2) is 4.39 Å². The maximum atomic E-state index is 12.9. The lowest BCUT2D eigenvalue weighted by atomic mass is 10.2. The Balaban J connectivity index is 3.30. The topological polar surface area (TPSA) is 72.2 Å². The van der Waals surface area contributed by atoms with Crippen LogP contribution in [0.25, 0.3) is 0 Å². The molecule has 74 valence electrons. The lowest BCUT2D eigenvalue weighted by molar-refractivity contribution is -0.384. The van der Waals surface area contributed by atoms with Crippen LogP contribution in [0.15, 0.2) is 16.6 Å². The minimum Gasteiger partial charge on any atom is -0.323 e. The first-order valence-electron chi connectivity index (χ1n) is 3.40. The van der Waals surface area contributed by atoms with Crippen molar-refractivity contribution >= 4 is 33.7 Å². The largest absolute Gasteiger partial charge is 0.323 e. The number of carbonyl (C=O) groups is 1. The van der Waals surface area contributed by atoms with Gasteiger partial charge in [0, 0.05) is 0 Å². The van der Waals surface area contributed by atoms with Gasteiger partial charge in [0.2, 0.25) is 6.41 Å². The van der Waals surface area contributed by atoms with Crippen LogP contribution in [0, 0.1) is 15.9 Å². The van der Waals surface area contributed by atoms with Crippen LogP contribution in [-0.4, -0.2) is 11.3 Å². The molecule has 0 radical (unpaired) electrons. The van der Waals surface area contributed by atoms with Crippen LogP contribution in [0.2, 0.25) is 0 Å². The molecule has 0 heterocycles. The van der Waals surface area contributed by atoms with Crippen molar-refractivity contribution in [2.45, 2.75) is 0 Å². The first-order chi connectivity index (χ1) is 6.56. The summed E-state index contributed by atoms with van der Waals surface area (Å²) in [4.78, 5) is 19.8. The minimum atomic E-state index is -0.776. The maximum Gasteiger partial charge on any atom is 0.295 e. The molecule has 1 amide bonds. The summed E-state index contributed by atoms with van der Waals surface area (Å²) in [6, 6.07) is 1.86. The van der Waals surface area contributed by atoms with Crippen molar-refractivity contribution in [3.05, 3.63) is 32.5 Å². The normalized spacial score (nSPS) is 9.57. The molecule has 5 nitrogen and oxygen atoms in total. The fourth-order valence-electron chi connectivity index (χ4n) is 0.866. The molecule has 0 atom stereocenters. The predicted octanol–water partition coefficient (Wildman–Crippen LogP) is 2.06. The van der Waals surface area contributed by atoms with Gasteiger partial charge in [-0.15, -0.1) is 0 Å². The van der Waals surface area contributed by atoms with E-state index in [4.69, 9.17) is 0 Å². The SMILES string of the molecule is O=CNc1cc(Br)c(F)cc1[N+](=O)[O-]. The fraction of sp³-hybridized carbons (Fsp3) is 0. The highest BCUT2D eigenvalue weighted by atomic mass is 79.9. The Morgan fingerprint density at radius 1 is 1.57 bits per heavy atom. The first-order valence-corrected chi connectivity index (χ1v) is 4.19. The quantitative estimate of drug-likeness (QED) is 0.515. The molecule has 0 bridgehead atoms. The van der Waals surface area contributed by atoms with Gasteiger partial charge >= 0.3 is 0 Å². The number of nitro benzene ring substituents is 1. The number of nitrogens with one attached hydrogen (secondary N) is 1. The standard InChI is InChI=1S/C7H4BrFN2O3/c8-4-1-6(10-3-12)7(11(13)14)2-5(4)9/h1-3H,(H,10,12). The van der Waals surface area contributed by atoms with Crippen molar-refractivity contribution in [2.75, 3.05) is 5.32 Å². The van der Waals surface area contributed by atoms with Crippen molar-refractivity contribution in [1.82, 2.24) is 0 Å². The number of amides is 1. The highest BCUT2D eigenvalue weighted by Crippen LogP contribution is 2.29. The number of halogens is 2. The predicted molar refractivity (Wildman–Crippen MR) is 50.4 cm³/mol. The first kappa shape index (κ1) is 10.6. The van der Waals surface area contributed by atoms with E-state index in [1.807, 2.05) is 0 Å². The van der Waals surface area contributed by atoms with Crippen molar-refractivity contribution < 1.29 is 14.1 Å². The Hall–Kier alpha value is -1.50. The van der Waals surface area contributed by atoms with Gasteiger partial charge in [-0.1, -0.05) is 0 Å². The lowest BCUT2D eigenvalue weighted by Crippen LogP contribution is -2.00. The van der Waals surface area contributed by atoms with Crippen LogP contribution in [0.5, 0.6) is 0 Å². The number of nitro groups is 1. The summed E-state index contributed by atoms with van der Waals surface area (Å²) in [7, 11) is 0. The van der Waals surface area contributed by atoms with Gasteiger partial charge in [0.1, 0.15) is 11.5 Å². The molecule has 1 rings (SSSR count). The Morgan fingerprint density at radius 2 is 2.21 bits per heavy atom. The Labute approximate surface area is 86.2 Å². The summed E-state index contributed by atoms with van der Waals surface area (Å²) in [5.41, 5.74) is -0.545. The molecule has 0 aromatic heterocycles. The average Bonchev–Trinajstić information content (AvgIpc) is 2.11. The Morgan fingerprint density at radius 3 is 2.71 bits per heavy atom. The van der Waals surface area contributed by atoms with Crippen molar-refractivity contribution in [2.24, 2.45) is 0 Å². The average molecular weight is 263 g/mol. The maximum absolute atomic E-state index is 12.9. The van der Waals surface area contributed by atoms with Crippen LogP contribution in [-0.2, 0) is 4.79 Å². The summed E-state index contributed by atoms with van der Waals surface area (Å²) in [6.45, 7) is 0. The molecule has 0 saturated heterocycles. The van der Waals surface area contributed by atoms with Gasteiger partial charge in [-0.05, 0) is 22.0 Å². The van der Waals surface area contributed by atoms with Gasteiger partial charge in [0.05, 0.1) is 15.5 Å². The summed E-state index contributed by atoms with van der Waals surface area (Å²) in [5.74, 6) is -0.756. The molecule has 0 unspecified atom stereocenters. The monoisotopic (exact) mass is 262 g/mol. The number of nitrogens with zero attached hydrogens (tertiary/aromatic N) is 1. The molecule has 0 aliphatic rings. The molecule has 1 aromatic rings. The fourth-order valence-corrected chi connectivity index (χ4v) is 1.21. The molecule has 0 aliphatic heterocycles. The zero-order chi connectivity index (χ0) is 10.7. The second-order valence-electron chi connectivity index (χ2n) is 2.30. The lowest BCUT2D eigenvalue weighted by Gasteiger charge is -2.02. The van der Waals surface area contributed by atoms with E-state index in [1.165, 1.54) is 0 Å². The molecule has 1 N–H and O–H groups in total. The van der Waals surface area contributed by atoms with Crippen molar-refractivity contribution in [3.63, 3.8) is 0 Å². The van der Waals surface area contributed by atoms with E-state index in [1.54, 1.807) is 0 Å². The van der Waals surface area contributed by atoms with E-state index in [9.17, 15) is 19.3 Å². The third-order valence-electron chi connectivity index (χ3n) is 1.45. The number of rotatable bonds is 3. The third kappa shape index (κ3) is 2.05. The molecule has 0 spiro atoms. The van der Waals surface area contributed by atoms with E-state index < -0.39 is 16.4 Å². The van der Waals surface area contributed by atoms with E-state index in [-0.39, 0.29) is 16.6 Å². The van der Waals surface area contributed by atoms with Crippen molar-refractivity contribution in [3.8, 4) is 0 Å². The van der Waals surface area contributed by atoms with Gasteiger partial charge in [-0.2, -0.15) is 0 Å². The highest BCUT2D eigenvalue weighted by Gasteiger charge is 2.16. The summed E-state index contributed by atoms with van der Waals surface area (Å²) < 4.78 is 12.9. The van der Waals surface area contributed by atoms with Crippen LogP contribution in [0.4, 0.5) is 15.8 Å². The third-order valence-corrected chi connectivity index (χ3v) is 2.06. The van der Waals surface area contributed by atoms with Crippen molar-refractivity contribution in [1.29, 1.82) is 0 Å². The Bertz CT molecular complexity index is 397. The summed E-state index contributed by atoms with van der Waals surface area (Å²) in [5, 5.41) is 12.5. The Kier molecular flexibility index (Phi) is 3.13. The van der Waals surface area contributed by atoms with E-state index in [0.717, 1.165) is 12.1 Å². The molecular formula is C7H4BrFN2O3. The number of benzene rings is 1. The minimum absolute atomic E-state index is 0.0486. The summed E-state index contributed by atoms with van der Waals surface area (Å²) >= 11 is 2.85. The number of hydrogen-bond acceptors (Lipinski definition) is 3. The zero-order valence-electron chi connectivity index (χ0n) is 6.66. The van der Waals surface area contributed by atoms with E-state index in [2.05, 4.69) is 21.2 Å². The molecule has 14 heavy (non-hydrogen) atoms. The van der Waals surface area contributed by atoms with Gasteiger partial charge in [0.25, 0.3) is 5.69 Å². The van der Waals surface area contributed by atoms with Crippen LogP contribution in [0.3, 0.4) is 0 Å². The van der Waals surface area contributed by atoms with Crippen LogP contribution >= 0.6 is 15.9 Å². The van der Waals surface area contributed by atoms with Gasteiger partial charge in [0.15, 0.2) is 0 Å². The highest BCUT2D eigenvalue weighted by molar-refractivity contribution is 9.10. The van der Waals surface area contributed by atoms with E-state index >= 15 is 0 Å². The van der Waals surface area contributed by atoms with E-state index in [0.29, 0.717) is 0 Å². The van der Waals surface area contributed by atoms with Gasteiger partial charge < -0.3 is 5.32 Å². The second-order valence-corrected chi connectivity index (χ2v) is 3.16. The molecule has 7 heteroatoms. The zero-order valence-corrected chi connectivity index (χ0v) is 8.25. The number of anilines is 1. The molecule has 1 aromatic carbocycles. The van der Waals surface area contributed by atoms with Crippen LogP contribution in [0.1, 0.15) is 0 Å². The molecule has 0 saturated carbocycles.